The van der Waals surface area contributed by atoms with Gasteiger partial charge in [-0.15, -0.1) is 0 Å². The molecule has 0 amide bonds. The van der Waals surface area contributed by atoms with Crippen LogP contribution in [0.2, 0.25) is 0 Å². The van der Waals surface area contributed by atoms with Crippen molar-refractivity contribution >= 4 is 33.5 Å². The Morgan fingerprint density at radius 2 is 1.29 bits per heavy atom. The van der Waals surface area contributed by atoms with Gasteiger partial charge in [-0.25, -0.2) is 14.8 Å². The highest BCUT2D eigenvalue weighted by molar-refractivity contribution is 6.20. The maximum absolute atomic E-state index is 12.5. The number of nitrogens with one attached hydrogen (secondary N) is 1. The zero-order valence-electron chi connectivity index (χ0n) is 27.9. The highest BCUT2D eigenvalue weighted by atomic mass is 16.1. The molecule has 1 aliphatic carbocycles. The van der Waals surface area contributed by atoms with Gasteiger partial charge in [0.15, 0.2) is 5.84 Å². The average molecular weight is 638 g/mol. The van der Waals surface area contributed by atoms with Crippen LogP contribution in [-0.4, -0.2) is 20.8 Å². The molecule has 0 fully saturated rings. The van der Waals surface area contributed by atoms with Crippen molar-refractivity contribution in [2.45, 2.75) is 25.4 Å². The van der Waals surface area contributed by atoms with Crippen molar-refractivity contribution in [3.8, 4) is 22.3 Å². The third-order valence-electron chi connectivity index (χ3n) is 10.5. The van der Waals surface area contributed by atoms with Gasteiger partial charge >= 0.3 is 5.69 Å². The predicted molar refractivity (Wildman–Crippen MR) is 201 cm³/mol. The molecule has 6 nitrogen and oxygen atoms in total. The van der Waals surface area contributed by atoms with Crippen molar-refractivity contribution < 1.29 is 0 Å². The number of fused-ring (bicyclic) bond motifs is 6. The van der Waals surface area contributed by atoms with Gasteiger partial charge < -0.3 is 5.32 Å². The Balaban J connectivity index is 1.18. The number of benzene rings is 6. The Hall–Kier alpha value is -6.01. The first-order valence-corrected chi connectivity index (χ1v) is 16.7. The number of aryl methyl sites for hydroxylation is 2. The van der Waals surface area contributed by atoms with E-state index in [1.807, 2.05) is 26.2 Å². The highest BCUT2D eigenvalue weighted by Gasteiger charge is 2.37. The number of hydrogen-bond donors (Lipinski definition) is 1. The van der Waals surface area contributed by atoms with Crippen molar-refractivity contribution in [2.75, 3.05) is 0 Å². The molecule has 0 saturated heterocycles. The van der Waals surface area contributed by atoms with E-state index in [-0.39, 0.29) is 17.3 Å². The van der Waals surface area contributed by atoms with E-state index in [0.29, 0.717) is 5.84 Å². The molecule has 1 N–H and O–H groups in total. The molecule has 0 saturated carbocycles. The van der Waals surface area contributed by atoms with Gasteiger partial charge in [0.2, 0.25) is 0 Å². The van der Waals surface area contributed by atoms with Crippen LogP contribution in [0, 0.1) is 0 Å². The van der Waals surface area contributed by atoms with Crippen LogP contribution >= 0.6 is 0 Å². The van der Waals surface area contributed by atoms with E-state index in [2.05, 4.69) is 134 Å². The standard InChI is InChI=1S/C43H35N5O/c1-43(2)34-17-11-10-16-32(34)38-31-15-9-8-14-30(31)33(25-35(38)43)41-45-39(27-12-6-5-7-13-27)44-40(46-41)28-20-18-26(19-21-28)29-22-23-36-37(24-29)48(4)42(49)47(36)3/h5-25,39H,1-4H3,(H,44,45,46). The minimum absolute atomic E-state index is 0.0291. The second-order valence-corrected chi connectivity index (χ2v) is 13.6. The summed E-state index contributed by atoms with van der Waals surface area (Å²) < 4.78 is 3.38. The summed E-state index contributed by atoms with van der Waals surface area (Å²) in [6, 6.07) is 44.8. The van der Waals surface area contributed by atoms with Crippen LogP contribution < -0.4 is 11.0 Å². The van der Waals surface area contributed by atoms with Crippen LogP contribution in [-0.2, 0) is 19.5 Å². The summed E-state index contributed by atoms with van der Waals surface area (Å²) in [6.07, 6.45) is -0.303. The Bertz CT molecular complexity index is 2590. The maximum atomic E-state index is 12.5. The normalized spacial score (nSPS) is 16.2. The van der Waals surface area contributed by atoms with Gasteiger partial charge in [0.05, 0.1) is 11.0 Å². The lowest BCUT2D eigenvalue weighted by molar-refractivity contribution is 0.660. The molecule has 1 unspecified atom stereocenters. The quantitative estimate of drug-likeness (QED) is 0.210. The first kappa shape index (κ1) is 29.2. The van der Waals surface area contributed by atoms with Gasteiger partial charge in [0, 0.05) is 30.6 Å². The molecular formula is C43H35N5O. The van der Waals surface area contributed by atoms with Crippen molar-refractivity contribution in [3.05, 3.63) is 166 Å². The number of nitrogens with zero attached hydrogens (tertiary/aromatic N) is 4. The second-order valence-electron chi connectivity index (χ2n) is 13.6. The van der Waals surface area contributed by atoms with E-state index in [1.165, 1.54) is 27.6 Å². The minimum atomic E-state index is -0.303. The number of amidine groups is 2. The predicted octanol–water partition coefficient (Wildman–Crippen LogP) is 8.50. The summed E-state index contributed by atoms with van der Waals surface area (Å²) in [6.45, 7) is 4.64. The second kappa shape index (κ2) is 10.8. The third-order valence-corrected chi connectivity index (χ3v) is 10.5. The number of rotatable bonds is 4. The molecular weight excluding hydrogens is 603 g/mol. The van der Waals surface area contributed by atoms with E-state index < -0.39 is 0 Å². The third kappa shape index (κ3) is 4.44. The number of aromatic nitrogens is 2. The summed E-state index contributed by atoms with van der Waals surface area (Å²) in [4.78, 5) is 23.0. The topological polar surface area (TPSA) is 63.7 Å². The SMILES string of the molecule is Cn1c(=O)n(C)c2cc(-c3ccc(C4=NC(c5cc6c(c7ccccc57)-c5ccccc5C6(C)C)=NC(c5ccccc5)N4)cc3)ccc21. The van der Waals surface area contributed by atoms with Crippen LogP contribution in [0.15, 0.2) is 142 Å². The number of aliphatic imine (C=N–C) groups is 2. The van der Waals surface area contributed by atoms with Crippen molar-refractivity contribution in [3.63, 3.8) is 0 Å². The lowest BCUT2D eigenvalue weighted by Gasteiger charge is -2.26. The number of hydrogen-bond acceptors (Lipinski definition) is 4. The molecule has 1 atom stereocenters. The molecule has 1 aliphatic heterocycles. The Kier molecular flexibility index (Phi) is 6.40. The molecule has 238 valence electrons. The van der Waals surface area contributed by atoms with E-state index in [4.69, 9.17) is 9.98 Å². The van der Waals surface area contributed by atoms with Gasteiger partial charge in [0.25, 0.3) is 0 Å². The molecule has 1 aromatic heterocycles. The fraction of sp³-hybridized carbons (Fsp3) is 0.140. The van der Waals surface area contributed by atoms with Crippen molar-refractivity contribution in [1.82, 2.24) is 14.5 Å². The van der Waals surface area contributed by atoms with Gasteiger partial charge in [0.1, 0.15) is 12.0 Å². The fourth-order valence-corrected chi connectivity index (χ4v) is 7.76. The van der Waals surface area contributed by atoms with Crippen molar-refractivity contribution in [2.24, 2.45) is 24.1 Å². The first-order chi connectivity index (χ1) is 23.8. The van der Waals surface area contributed by atoms with E-state index in [1.54, 1.807) is 9.13 Å². The van der Waals surface area contributed by atoms with E-state index in [9.17, 15) is 4.79 Å². The molecule has 7 aromatic rings. The molecule has 6 heteroatoms. The van der Waals surface area contributed by atoms with Crippen molar-refractivity contribution in [1.29, 1.82) is 0 Å². The largest absolute Gasteiger partial charge is 0.344 e. The number of imidazole rings is 1. The summed E-state index contributed by atoms with van der Waals surface area (Å²) >= 11 is 0. The van der Waals surface area contributed by atoms with Gasteiger partial charge in [-0.2, -0.15) is 0 Å². The maximum Gasteiger partial charge on any atom is 0.328 e. The van der Waals surface area contributed by atoms with E-state index in [0.717, 1.165) is 50.1 Å². The molecule has 0 spiro atoms. The van der Waals surface area contributed by atoms with Gasteiger partial charge in [-0.1, -0.05) is 123 Å². The summed E-state index contributed by atoms with van der Waals surface area (Å²) in [5, 5.41) is 6.00. The van der Waals surface area contributed by atoms with Gasteiger partial charge in [-0.05, 0) is 67.9 Å². The lowest BCUT2D eigenvalue weighted by atomic mass is 9.81. The van der Waals surface area contributed by atoms with Crippen LogP contribution in [0.3, 0.4) is 0 Å². The monoisotopic (exact) mass is 637 g/mol. The Morgan fingerprint density at radius 3 is 2.08 bits per heavy atom. The summed E-state index contributed by atoms with van der Waals surface area (Å²) in [7, 11) is 3.62. The van der Waals surface area contributed by atoms with Crippen LogP contribution in [0.5, 0.6) is 0 Å². The Labute approximate surface area is 284 Å². The zero-order valence-corrected chi connectivity index (χ0v) is 27.9. The molecule has 6 aromatic carbocycles. The van der Waals surface area contributed by atoms with Crippen LogP contribution in [0.1, 0.15) is 47.8 Å². The van der Waals surface area contributed by atoms with E-state index >= 15 is 0 Å². The lowest BCUT2D eigenvalue weighted by Crippen LogP contribution is -2.33. The van der Waals surface area contributed by atoms with Gasteiger partial charge in [-0.3, -0.25) is 9.13 Å². The molecule has 49 heavy (non-hydrogen) atoms. The Morgan fingerprint density at radius 1 is 0.633 bits per heavy atom. The average Bonchev–Trinajstić information content (AvgIpc) is 3.52. The zero-order chi connectivity index (χ0) is 33.4. The molecule has 2 aliphatic rings. The molecule has 2 heterocycles. The summed E-state index contributed by atoms with van der Waals surface area (Å²) in [5.74, 6) is 1.49. The first-order valence-electron chi connectivity index (χ1n) is 16.7. The molecule has 0 radical (unpaired) electrons. The highest BCUT2D eigenvalue weighted by Crippen LogP contribution is 2.52. The summed E-state index contributed by atoms with van der Waals surface area (Å²) in [5.41, 5.74) is 12.1. The minimum Gasteiger partial charge on any atom is -0.344 e. The molecule has 9 rings (SSSR count). The van der Waals surface area contributed by atoms with Crippen LogP contribution in [0.25, 0.3) is 44.1 Å². The molecule has 0 bridgehead atoms. The smallest absolute Gasteiger partial charge is 0.328 e. The fourth-order valence-electron chi connectivity index (χ4n) is 7.76. The van der Waals surface area contributed by atoms with Crippen LogP contribution in [0.4, 0.5) is 0 Å².